The van der Waals surface area contributed by atoms with E-state index in [1.165, 1.54) is 6.07 Å². The molecule has 0 atom stereocenters. The van der Waals surface area contributed by atoms with Gasteiger partial charge in [-0.2, -0.15) is 0 Å². The van der Waals surface area contributed by atoms with Crippen molar-refractivity contribution in [2.24, 2.45) is 0 Å². The van der Waals surface area contributed by atoms with E-state index in [0.29, 0.717) is 16.3 Å². The Morgan fingerprint density at radius 2 is 2.07 bits per heavy atom. The molecule has 72 valence electrons. The van der Waals surface area contributed by atoms with Gasteiger partial charge in [-0.3, -0.25) is 0 Å². The quantitative estimate of drug-likeness (QED) is 0.850. The highest BCUT2D eigenvalue weighted by Gasteiger charge is 2.11. The van der Waals surface area contributed by atoms with Crippen LogP contribution in [0.5, 0.6) is 5.75 Å². The molecule has 2 aromatic rings. The summed E-state index contributed by atoms with van der Waals surface area (Å²) < 4.78 is 6.01. The summed E-state index contributed by atoms with van der Waals surface area (Å²) in [6.07, 6.45) is 1.54. The van der Waals surface area contributed by atoms with Crippen molar-refractivity contribution in [3.05, 3.63) is 40.0 Å². The minimum Gasteiger partial charge on any atom is -0.507 e. The van der Waals surface area contributed by atoms with Crippen LogP contribution in [0.1, 0.15) is 0 Å². The standard InChI is InChI=1S/C10H6BrClO2/c11-8-3-4-14-10(8)7-5-6(12)1-2-9(7)13/h1-5,13H. The van der Waals surface area contributed by atoms with E-state index in [2.05, 4.69) is 15.9 Å². The molecule has 1 heterocycles. The van der Waals surface area contributed by atoms with Gasteiger partial charge in [0.1, 0.15) is 5.75 Å². The van der Waals surface area contributed by atoms with E-state index in [4.69, 9.17) is 16.0 Å². The smallest absolute Gasteiger partial charge is 0.151 e. The zero-order chi connectivity index (χ0) is 10.1. The summed E-state index contributed by atoms with van der Waals surface area (Å²) in [5.74, 6) is 0.718. The number of phenols is 1. The second-order valence-corrected chi connectivity index (χ2v) is 4.05. The van der Waals surface area contributed by atoms with Gasteiger partial charge in [0.2, 0.25) is 0 Å². The molecular weight excluding hydrogens is 267 g/mol. The van der Waals surface area contributed by atoms with Gasteiger partial charge in [0, 0.05) is 5.02 Å². The molecule has 0 spiro atoms. The normalized spacial score (nSPS) is 10.4. The Morgan fingerprint density at radius 1 is 1.29 bits per heavy atom. The van der Waals surface area contributed by atoms with Gasteiger partial charge in [0.05, 0.1) is 16.3 Å². The van der Waals surface area contributed by atoms with Crippen LogP contribution < -0.4 is 0 Å². The Bertz CT molecular complexity index is 465. The lowest BCUT2D eigenvalue weighted by Crippen LogP contribution is -1.77. The van der Waals surface area contributed by atoms with E-state index < -0.39 is 0 Å². The summed E-state index contributed by atoms with van der Waals surface area (Å²) in [4.78, 5) is 0. The molecule has 0 saturated carbocycles. The van der Waals surface area contributed by atoms with Crippen LogP contribution in [0.25, 0.3) is 11.3 Å². The molecule has 2 nitrogen and oxygen atoms in total. The summed E-state index contributed by atoms with van der Waals surface area (Å²) in [7, 11) is 0. The Morgan fingerprint density at radius 3 is 2.71 bits per heavy atom. The first kappa shape index (κ1) is 9.62. The van der Waals surface area contributed by atoms with Crippen molar-refractivity contribution in [1.29, 1.82) is 0 Å². The van der Waals surface area contributed by atoms with Crippen molar-refractivity contribution in [3.63, 3.8) is 0 Å². The summed E-state index contributed by atoms with van der Waals surface area (Å²) >= 11 is 9.13. The number of furan rings is 1. The van der Waals surface area contributed by atoms with Crippen LogP contribution in [0, 0.1) is 0 Å². The number of phenolic OH excluding ortho intramolecular Hbond substituents is 1. The third kappa shape index (κ3) is 1.65. The van der Waals surface area contributed by atoms with E-state index in [0.717, 1.165) is 4.47 Å². The van der Waals surface area contributed by atoms with Crippen molar-refractivity contribution in [3.8, 4) is 17.1 Å². The summed E-state index contributed by atoms with van der Waals surface area (Å²) in [6, 6.07) is 6.57. The molecule has 0 saturated heterocycles. The Labute approximate surface area is 94.2 Å². The summed E-state index contributed by atoms with van der Waals surface area (Å²) in [5, 5.41) is 10.1. The fourth-order valence-corrected chi connectivity index (χ4v) is 1.76. The lowest BCUT2D eigenvalue weighted by molar-refractivity contribution is 0.473. The molecule has 0 aliphatic heterocycles. The van der Waals surface area contributed by atoms with Crippen molar-refractivity contribution in [2.75, 3.05) is 0 Å². The van der Waals surface area contributed by atoms with Gasteiger partial charge in [-0.05, 0) is 40.2 Å². The van der Waals surface area contributed by atoms with Crippen molar-refractivity contribution >= 4 is 27.5 Å². The van der Waals surface area contributed by atoms with Crippen LogP contribution in [0.2, 0.25) is 5.02 Å². The Balaban J connectivity index is 2.62. The van der Waals surface area contributed by atoms with Gasteiger partial charge in [-0.15, -0.1) is 0 Å². The molecule has 0 unspecified atom stereocenters. The second kappa shape index (κ2) is 3.67. The first-order valence-corrected chi connectivity index (χ1v) is 5.07. The Hall–Kier alpha value is -0.930. The van der Waals surface area contributed by atoms with Gasteiger partial charge in [0.15, 0.2) is 5.76 Å². The van der Waals surface area contributed by atoms with Crippen molar-refractivity contribution < 1.29 is 9.52 Å². The highest BCUT2D eigenvalue weighted by atomic mass is 79.9. The molecule has 0 bridgehead atoms. The van der Waals surface area contributed by atoms with Crippen LogP contribution in [-0.2, 0) is 0 Å². The van der Waals surface area contributed by atoms with E-state index in [9.17, 15) is 5.11 Å². The maximum absolute atomic E-state index is 9.59. The lowest BCUT2D eigenvalue weighted by Gasteiger charge is -2.02. The highest BCUT2D eigenvalue weighted by molar-refractivity contribution is 9.10. The van der Waals surface area contributed by atoms with Crippen LogP contribution >= 0.6 is 27.5 Å². The average molecular weight is 274 g/mol. The fraction of sp³-hybridized carbons (Fsp3) is 0. The average Bonchev–Trinajstić information content (AvgIpc) is 2.56. The van der Waals surface area contributed by atoms with E-state index in [1.807, 2.05) is 0 Å². The second-order valence-electron chi connectivity index (χ2n) is 2.76. The third-order valence-corrected chi connectivity index (χ3v) is 2.68. The van der Waals surface area contributed by atoms with Gasteiger partial charge < -0.3 is 9.52 Å². The fourth-order valence-electron chi connectivity index (χ4n) is 1.18. The number of hydrogen-bond donors (Lipinski definition) is 1. The van der Waals surface area contributed by atoms with Crippen LogP contribution in [0.4, 0.5) is 0 Å². The van der Waals surface area contributed by atoms with Crippen molar-refractivity contribution in [1.82, 2.24) is 0 Å². The zero-order valence-electron chi connectivity index (χ0n) is 7.00. The molecule has 0 aliphatic rings. The lowest BCUT2D eigenvalue weighted by atomic mass is 10.1. The monoisotopic (exact) mass is 272 g/mol. The molecule has 0 fully saturated rings. The SMILES string of the molecule is Oc1ccc(Cl)cc1-c1occc1Br. The molecule has 0 amide bonds. The van der Waals surface area contributed by atoms with Crippen molar-refractivity contribution in [2.45, 2.75) is 0 Å². The largest absolute Gasteiger partial charge is 0.507 e. The molecule has 0 radical (unpaired) electrons. The van der Waals surface area contributed by atoms with Gasteiger partial charge >= 0.3 is 0 Å². The van der Waals surface area contributed by atoms with E-state index in [1.54, 1.807) is 24.5 Å². The van der Waals surface area contributed by atoms with E-state index >= 15 is 0 Å². The third-order valence-electron chi connectivity index (χ3n) is 1.82. The molecule has 1 aromatic carbocycles. The maximum atomic E-state index is 9.59. The first-order chi connectivity index (χ1) is 6.68. The predicted molar refractivity (Wildman–Crippen MR) is 58.5 cm³/mol. The molecule has 0 aliphatic carbocycles. The molecule has 4 heteroatoms. The van der Waals surface area contributed by atoms with Crippen LogP contribution in [-0.4, -0.2) is 5.11 Å². The number of aromatic hydroxyl groups is 1. The number of hydrogen-bond acceptors (Lipinski definition) is 2. The zero-order valence-corrected chi connectivity index (χ0v) is 9.34. The van der Waals surface area contributed by atoms with Crippen LogP contribution in [0.15, 0.2) is 39.4 Å². The minimum atomic E-state index is 0.144. The maximum Gasteiger partial charge on any atom is 0.151 e. The molecule has 1 aromatic heterocycles. The Kier molecular flexibility index (Phi) is 2.52. The van der Waals surface area contributed by atoms with Gasteiger partial charge in [-0.25, -0.2) is 0 Å². The molecular formula is C10H6BrClO2. The highest BCUT2D eigenvalue weighted by Crippen LogP contribution is 2.36. The first-order valence-electron chi connectivity index (χ1n) is 3.90. The number of halogens is 2. The molecule has 2 rings (SSSR count). The summed E-state index contributed by atoms with van der Waals surface area (Å²) in [6.45, 7) is 0. The minimum absolute atomic E-state index is 0.144. The van der Waals surface area contributed by atoms with Gasteiger partial charge in [0.25, 0.3) is 0 Å². The predicted octanol–water partition coefficient (Wildman–Crippen LogP) is 4.07. The molecule has 14 heavy (non-hydrogen) atoms. The number of benzene rings is 1. The topological polar surface area (TPSA) is 33.4 Å². The van der Waals surface area contributed by atoms with Gasteiger partial charge in [-0.1, -0.05) is 11.6 Å². The van der Waals surface area contributed by atoms with E-state index in [-0.39, 0.29) is 5.75 Å². The number of rotatable bonds is 1. The molecule has 1 N–H and O–H groups in total. The van der Waals surface area contributed by atoms with Crippen LogP contribution in [0.3, 0.4) is 0 Å². The summed E-state index contributed by atoms with van der Waals surface area (Å²) in [5.41, 5.74) is 0.578.